The molecule has 2 amide bonds. The van der Waals surface area contributed by atoms with Gasteiger partial charge in [-0.25, -0.2) is 14.8 Å². The van der Waals surface area contributed by atoms with E-state index in [0.29, 0.717) is 19.0 Å². The normalized spacial score (nSPS) is 16.3. The second-order valence-corrected chi connectivity index (χ2v) is 7.08. The van der Waals surface area contributed by atoms with E-state index in [9.17, 15) is 4.79 Å². The van der Waals surface area contributed by atoms with Crippen molar-refractivity contribution in [2.45, 2.75) is 13.0 Å². The van der Waals surface area contributed by atoms with Crippen LogP contribution in [0.25, 0.3) is 0 Å². The van der Waals surface area contributed by atoms with Gasteiger partial charge in [-0.2, -0.15) is 0 Å². The highest BCUT2D eigenvalue weighted by molar-refractivity contribution is 7.16. The van der Waals surface area contributed by atoms with Crippen LogP contribution in [0, 0.1) is 0 Å². The van der Waals surface area contributed by atoms with Crippen molar-refractivity contribution in [2.24, 2.45) is 0 Å². The minimum Gasteiger partial charge on any atom is -0.337 e. The molecule has 1 aliphatic heterocycles. The molecule has 0 bridgehead atoms. The molecular formula is C15H18ClN5OS. The Labute approximate surface area is 144 Å². The van der Waals surface area contributed by atoms with E-state index in [-0.39, 0.29) is 12.1 Å². The number of nitrogens with zero attached hydrogens (tertiary/aromatic N) is 4. The smallest absolute Gasteiger partial charge is 0.318 e. The molecule has 6 nitrogen and oxygen atoms in total. The van der Waals surface area contributed by atoms with Crippen molar-refractivity contribution in [2.75, 3.05) is 31.1 Å². The number of hydrogen-bond acceptors (Lipinski definition) is 5. The van der Waals surface area contributed by atoms with Crippen molar-refractivity contribution in [3.63, 3.8) is 0 Å². The number of amides is 2. The van der Waals surface area contributed by atoms with Gasteiger partial charge in [0.1, 0.15) is 0 Å². The fourth-order valence-corrected chi connectivity index (χ4v) is 3.54. The largest absolute Gasteiger partial charge is 0.337 e. The maximum absolute atomic E-state index is 12.4. The summed E-state index contributed by atoms with van der Waals surface area (Å²) in [5, 5.41) is 3.02. The highest BCUT2D eigenvalue weighted by Gasteiger charge is 2.23. The highest BCUT2D eigenvalue weighted by Crippen LogP contribution is 2.26. The third-order valence-electron chi connectivity index (χ3n) is 3.76. The Bertz CT molecular complexity index is 657. The van der Waals surface area contributed by atoms with Gasteiger partial charge in [0.2, 0.25) is 5.95 Å². The summed E-state index contributed by atoms with van der Waals surface area (Å²) in [5.41, 5.74) is 0. The molecule has 1 fully saturated rings. The SMILES string of the molecule is CC(NC(=O)N1CCN(c2ncccn2)CC1)c1ccc(Cl)s1. The van der Waals surface area contributed by atoms with Crippen molar-refractivity contribution in [3.8, 4) is 0 Å². The molecule has 23 heavy (non-hydrogen) atoms. The lowest BCUT2D eigenvalue weighted by atomic mass is 10.3. The Balaban J connectivity index is 1.52. The van der Waals surface area contributed by atoms with Crippen LogP contribution in [0.3, 0.4) is 0 Å². The van der Waals surface area contributed by atoms with Crippen LogP contribution in [0.5, 0.6) is 0 Å². The van der Waals surface area contributed by atoms with Gasteiger partial charge >= 0.3 is 6.03 Å². The zero-order valence-electron chi connectivity index (χ0n) is 12.8. The summed E-state index contributed by atoms with van der Waals surface area (Å²) in [6.07, 6.45) is 3.46. The molecule has 3 heterocycles. The van der Waals surface area contributed by atoms with Crippen molar-refractivity contribution < 1.29 is 4.79 Å². The summed E-state index contributed by atoms with van der Waals surface area (Å²) < 4.78 is 0.734. The molecule has 1 atom stereocenters. The predicted molar refractivity (Wildman–Crippen MR) is 92.1 cm³/mol. The van der Waals surface area contributed by atoms with Crippen LogP contribution in [0.15, 0.2) is 30.6 Å². The molecule has 1 aliphatic rings. The predicted octanol–water partition coefficient (Wildman–Crippen LogP) is 2.78. The number of carbonyl (C=O) groups is 1. The Morgan fingerprint density at radius 3 is 2.57 bits per heavy atom. The zero-order chi connectivity index (χ0) is 16.2. The molecule has 0 aromatic carbocycles. The van der Waals surface area contributed by atoms with Crippen molar-refractivity contribution in [1.82, 2.24) is 20.2 Å². The second-order valence-electron chi connectivity index (χ2n) is 5.34. The van der Waals surface area contributed by atoms with Crippen LogP contribution in [-0.2, 0) is 0 Å². The molecule has 2 aromatic heterocycles. The summed E-state index contributed by atoms with van der Waals surface area (Å²) >= 11 is 7.43. The number of anilines is 1. The number of urea groups is 1. The fourth-order valence-electron chi connectivity index (χ4n) is 2.47. The lowest BCUT2D eigenvalue weighted by Gasteiger charge is -2.35. The van der Waals surface area contributed by atoms with E-state index in [1.165, 1.54) is 11.3 Å². The summed E-state index contributed by atoms with van der Waals surface area (Å²) in [5.74, 6) is 0.717. The van der Waals surface area contributed by atoms with Gasteiger partial charge in [-0.3, -0.25) is 0 Å². The first-order valence-corrected chi connectivity index (χ1v) is 8.65. The highest BCUT2D eigenvalue weighted by atomic mass is 35.5. The molecule has 8 heteroatoms. The molecule has 122 valence electrons. The van der Waals surface area contributed by atoms with E-state index in [2.05, 4.69) is 20.2 Å². The van der Waals surface area contributed by atoms with Gasteiger partial charge in [0.15, 0.2) is 0 Å². The van der Waals surface area contributed by atoms with E-state index < -0.39 is 0 Å². The van der Waals surface area contributed by atoms with Gasteiger partial charge < -0.3 is 15.1 Å². The Hall–Kier alpha value is -1.86. The van der Waals surface area contributed by atoms with Crippen molar-refractivity contribution in [3.05, 3.63) is 39.8 Å². The fraction of sp³-hybridized carbons (Fsp3) is 0.400. The molecule has 3 rings (SSSR count). The Morgan fingerprint density at radius 1 is 1.26 bits per heavy atom. The van der Waals surface area contributed by atoms with Crippen LogP contribution in [0.1, 0.15) is 17.8 Å². The van der Waals surface area contributed by atoms with E-state index in [0.717, 1.165) is 22.3 Å². The van der Waals surface area contributed by atoms with Gasteiger partial charge in [0.25, 0.3) is 0 Å². The third-order valence-corrected chi connectivity index (χ3v) is 5.18. The summed E-state index contributed by atoms with van der Waals surface area (Å²) in [4.78, 5) is 25.8. The minimum absolute atomic E-state index is 0.0457. The standard InChI is InChI=1S/C15H18ClN5OS/c1-11(12-3-4-13(16)23-12)19-15(22)21-9-7-20(8-10-21)14-17-5-2-6-18-14/h2-6,11H,7-10H2,1H3,(H,19,22). The maximum Gasteiger partial charge on any atom is 0.318 e. The summed E-state index contributed by atoms with van der Waals surface area (Å²) in [6.45, 7) is 4.74. The molecule has 1 saturated heterocycles. The van der Waals surface area contributed by atoms with Gasteiger partial charge in [-0.05, 0) is 25.1 Å². The molecule has 0 spiro atoms. The Morgan fingerprint density at radius 2 is 1.96 bits per heavy atom. The first-order chi connectivity index (χ1) is 11.1. The Kier molecular flexibility index (Phi) is 4.97. The monoisotopic (exact) mass is 351 g/mol. The molecular weight excluding hydrogens is 334 g/mol. The first kappa shape index (κ1) is 16.0. The minimum atomic E-state index is -0.0458. The summed E-state index contributed by atoms with van der Waals surface area (Å²) in [7, 11) is 0. The number of piperazine rings is 1. The number of hydrogen-bond donors (Lipinski definition) is 1. The second kappa shape index (κ2) is 7.14. The number of aromatic nitrogens is 2. The average Bonchev–Trinajstić information content (AvgIpc) is 3.02. The van der Waals surface area contributed by atoms with Crippen LogP contribution >= 0.6 is 22.9 Å². The third kappa shape index (κ3) is 3.92. The van der Waals surface area contributed by atoms with Gasteiger partial charge in [0.05, 0.1) is 10.4 Å². The van der Waals surface area contributed by atoms with Crippen molar-refractivity contribution >= 4 is 34.9 Å². The molecule has 1 N–H and O–H groups in total. The molecule has 0 saturated carbocycles. The van der Waals surface area contributed by atoms with Gasteiger partial charge in [-0.15, -0.1) is 11.3 Å². The van der Waals surface area contributed by atoms with Crippen LogP contribution in [0.2, 0.25) is 4.34 Å². The number of carbonyl (C=O) groups excluding carboxylic acids is 1. The molecule has 1 unspecified atom stereocenters. The average molecular weight is 352 g/mol. The number of nitrogens with one attached hydrogen (secondary N) is 1. The van der Waals surface area contributed by atoms with Gasteiger partial charge in [0, 0.05) is 43.4 Å². The molecule has 2 aromatic rings. The van der Waals surface area contributed by atoms with Crippen molar-refractivity contribution in [1.29, 1.82) is 0 Å². The van der Waals surface area contributed by atoms with E-state index >= 15 is 0 Å². The number of rotatable bonds is 3. The van der Waals surface area contributed by atoms with E-state index in [1.54, 1.807) is 18.5 Å². The number of halogens is 1. The van der Waals surface area contributed by atoms with E-state index in [4.69, 9.17) is 11.6 Å². The van der Waals surface area contributed by atoms with Crippen LogP contribution in [-0.4, -0.2) is 47.1 Å². The van der Waals surface area contributed by atoms with Crippen LogP contribution in [0.4, 0.5) is 10.7 Å². The number of thiophene rings is 1. The maximum atomic E-state index is 12.4. The van der Waals surface area contributed by atoms with Gasteiger partial charge in [-0.1, -0.05) is 11.6 Å². The van der Waals surface area contributed by atoms with E-state index in [1.807, 2.05) is 24.0 Å². The molecule has 0 aliphatic carbocycles. The first-order valence-electron chi connectivity index (χ1n) is 7.46. The zero-order valence-corrected chi connectivity index (χ0v) is 14.3. The van der Waals surface area contributed by atoms with Crippen LogP contribution < -0.4 is 10.2 Å². The summed E-state index contributed by atoms with van der Waals surface area (Å²) in [6, 6.07) is 5.50. The quantitative estimate of drug-likeness (QED) is 0.923. The molecule has 0 radical (unpaired) electrons. The lowest BCUT2D eigenvalue weighted by molar-refractivity contribution is 0.191. The lowest BCUT2D eigenvalue weighted by Crippen LogP contribution is -2.52. The topological polar surface area (TPSA) is 61.4 Å².